The highest BCUT2D eigenvalue weighted by Gasteiger charge is 2.17. The minimum absolute atomic E-state index is 0.663. The molecule has 3 rings (SSSR count). The highest BCUT2D eigenvalue weighted by molar-refractivity contribution is 7.98. The summed E-state index contributed by atoms with van der Waals surface area (Å²) in [6.45, 7) is 6.10. The number of benzene rings is 1. The van der Waals surface area contributed by atoms with E-state index in [2.05, 4.69) is 57.3 Å². The number of nitrogens with zero attached hydrogens (tertiary/aromatic N) is 4. The summed E-state index contributed by atoms with van der Waals surface area (Å²) in [7, 11) is 0. The molecule has 0 aliphatic carbocycles. The van der Waals surface area contributed by atoms with Gasteiger partial charge in [-0.15, -0.1) is 11.8 Å². The van der Waals surface area contributed by atoms with E-state index in [1.165, 1.54) is 17.3 Å². The van der Waals surface area contributed by atoms with Gasteiger partial charge in [0, 0.05) is 39.3 Å². The third-order valence-electron chi connectivity index (χ3n) is 4.56. The Labute approximate surface area is 160 Å². The smallest absolute Gasteiger partial charge is 0.114 e. The fourth-order valence-corrected chi connectivity index (χ4v) is 3.61. The number of hydrogen-bond acceptors (Lipinski definition) is 5. The van der Waals surface area contributed by atoms with Gasteiger partial charge in [0.2, 0.25) is 0 Å². The fraction of sp³-hybridized carbons (Fsp3) is 0.333. The number of thioether (sulfide) groups is 1. The molecule has 134 valence electrons. The molecule has 1 aliphatic rings. The standard InChI is InChI=1S/C21H24N4S/c1-26-21-19(16-22)9-10-20(23-21)17-25-14-12-24(13-15-25)11-5-8-18-6-3-2-4-7-18/h2-10H,11-15,17H2,1H3. The number of piperazine rings is 1. The van der Waals surface area contributed by atoms with Gasteiger partial charge < -0.3 is 0 Å². The summed E-state index contributed by atoms with van der Waals surface area (Å²) in [6.07, 6.45) is 6.41. The number of hydrogen-bond donors (Lipinski definition) is 0. The minimum atomic E-state index is 0.663. The van der Waals surface area contributed by atoms with Gasteiger partial charge in [-0.25, -0.2) is 4.98 Å². The molecule has 0 radical (unpaired) electrons. The van der Waals surface area contributed by atoms with E-state index in [1.807, 2.05) is 24.5 Å². The van der Waals surface area contributed by atoms with E-state index >= 15 is 0 Å². The van der Waals surface area contributed by atoms with Gasteiger partial charge in [-0.05, 0) is 24.0 Å². The number of pyridine rings is 1. The first-order valence-corrected chi connectivity index (χ1v) is 10.1. The Bertz CT molecular complexity index is 774. The molecule has 1 fully saturated rings. The third kappa shape index (κ3) is 5.18. The molecule has 1 aliphatic heterocycles. The van der Waals surface area contributed by atoms with Crippen molar-refractivity contribution < 1.29 is 0 Å². The SMILES string of the molecule is CSc1nc(CN2CCN(CC=Cc3ccccc3)CC2)ccc1C#N. The second kappa shape index (κ2) is 9.54. The molecule has 5 heteroatoms. The van der Waals surface area contributed by atoms with E-state index in [9.17, 15) is 0 Å². The first-order valence-electron chi connectivity index (χ1n) is 8.89. The Balaban J connectivity index is 1.47. The Morgan fingerprint density at radius 2 is 1.81 bits per heavy atom. The minimum Gasteiger partial charge on any atom is -0.297 e. The maximum absolute atomic E-state index is 9.11. The second-order valence-corrected chi connectivity index (χ2v) is 7.16. The highest BCUT2D eigenvalue weighted by Crippen LogP contribution is 2.18. The number of aromatic nitrogens is 1. The molecule has 2 aromatic rings. The molecule has 0 bridgehead atoms. The van der Waals surface area contributed by atoms with Gasteiger partial charge >= 0.3 is 0 Å². The first-order chi connectivity index (χ1) is 12.8. The zero-order valence-electron chi connectivity index (χ0n) is 15.1. The number of rotatable bonds is 6. The molecule has 0 spiro atoms. The molecular formula is C21H24N4S. The molecule has 0 N–H and O–H groups in total. The summed E-state index contributed by atoms with van der Waals surface area (Å²) < 4.78 is 0. The lowest BCUT2D eigenvalue weighted by Crippen LogP contribution is -2.45. The van der Waals surface area contributed by atoms with Crippen molar-refractivity contribution in [3.05, 3.63) is 65.4 Å². The maximum atomic E-state index is 9.11. The van der Waals surface area contributed by atoms with Crippen molar-refractivity contribution >= 4 is 17.8 Å². The zero-order chi connectivity index (χ0) is 18.2. The van der Waals surface area contributed by atoms with Gasteiger partial charge in [-0.1, -0.05) is 42.5 Å². The second-order valence-electron chi connectivity index (χ2n) is 6.36. The van der Waals surface area contributed by atoms with E-state index in [-0.39, 0.29) is 0 Å². The quantitative estimate of drug-likeness (QED) is 0.734. The molecule has 1 aromatic heterocycles. The van der Waals surface area contributed by atoms with E-state index in [1.54, 1.807) is 0 Å². The maximum Gasteiger partial charge on any atom is 0.114 e. The Hall–Kier alpha value is -2.13. The molecule has 1 saturated heterocycles. The van der Waals surface area contributed by atoms with Crippen LogP contribution in [0.5, 0.6) is 0 Å². The summed E-state index contributed by atoms with van der Waals surface area (Å²) in [5.74, 6) is 0. The van der Waals surface area contributed by atoms with Crippen molar-refractivity contribution in [3.63, 3.8) is 0 Å². The van der Waals surface area contributed by atoms with E-state index in [0.29, 0.717) is 5.56 Å². The molecule has 0 amide bonds. The van der Waals surface area contributed by atoms with E-state index in [4.69, 9.17) is 5.26 Å². The van der Waals surface area contributed by atoms with Crippen LogP contribution in [0.25, 0.3) is 6.08 Å². The Morgan fingerprint density at radius 1 is 1.08 bits per heavy atom. The van der Waals surface area contributed by atoms with Gasteiger partial charge in [0.1, 0.15) is 11.1 Å². The van der Waals surface area contributed by atoms with Crippen LogP contribution < -0.4 is 0 Å². The van der Waals surface area contributed by atoms with Gasteiger partial charge in [0.25, 0.3) is 0 Å². The van der Waals surface area contributed by atoms with Crippen LogP contribution in [0.15, 0.2) is 53.6 Å². The predicted molar refractivity (Wildman–Crippen MR) is 108 cm³/mol. The summed E-state index contributed by atoms with van der Waals surface area (Å²) in [5, 5.41) is 9.94. The summed E-state index contributed by atoms with van der Waals surface area (Å²) in [6, 6.07) is 16.5. The van der Waals surface area contributed by atoms with Gasteiger partial charge in [0.15, 0.2) is 0 Å². The van der Waals surface area contributed by atoms with Crippen molar-refractivity contribution in [2.24, 2.45) is 0 Å². The normalized spacial score (nSPS) is 16.0. The van der Waals surface area contributed by atoms with Crippen LogP contribution in [0.4, 0.5) is 0 Å². The fourth-order valence-electron chi connectivity index (χ4n) is 3.07. The molecular weight excluding hydrogens is 340 g/mol. The Kier molecular flexibility index (Phi) is 6.84. The number of nitriles is 1. The third-order valence-corrected chi connectivity index (χ3v) is 5.25. The van der Waals surface area contributed by atoms with Crippen LogP contribution in [0, 0.1) is 11.3 Å². The lowest BCUT2D eigenvalue weighted by Gasteiger charge is -2.33. The average Bonchev–Trinajstić information content (AvgIpc) is 2.70. The average molecular weight is 365 g/mol. The van der Waals surface area contributed by atoms with Crippen LogP contribution in [-0.2, 0) is 6.54 Å². The molecule has 0 unspecified atom stereocenters. The van der Waals surface area contributed by atoms with Crippen LogP contribution >= 0.6 is 11.8 Å². The van der Waals surface area contributed by atoms with Crippen LogP contribution in [0.2, 0.25) is 0 Å². The van der Waals surface area contributed by atoms with Gasteiger partial charge in [0.05, 0.1) is 11.3 Å². The lowest BCUT2D eigenvalue weighted by atomic mass is 10.2. The predicted octanol–water partition coefficient (Wildman–Crippen LogP) is 3.51. The largest absolute Gasteiger partial charge is 0.297 e. The van der Waals surface area contributed by atoms with Crippen molar-refractivity contribution in [3.8, 4) is 6.07 Å². The monoisotopic (exact) mass is 364 g/mol. The van der Waals surface area contributed by atoms with Gasteiger partial charge in [-0.3, -0.25) is 9.80 Å². The summed E-state index contributed by atoms with van der Waals surface area (Å²) in [4.78, 5) is 9.55. The highest BCUT2D eigenvalue weighted by atomic mass is 32.2. The molecule has 0 saturated carbocycles. The zero-order valence-corrected chi connectivity index (χ0v) is 16.0. The molecule has 4 nitrogen and oxygen atoms in total. The van der Waals surface area contributed by atoms with Crippen LogP contribution in [-0.4, -0.2) is 53.8 Å². The van der Waals surface area contributed by atoms with Crippen molar-refractivity contribution in [1.82, 2.24) is 14.8 Å². The topological polar surface area (TPSA) is 43.2 Å². The van der Waals surface area contributed by atoms with Gasteiger partial charge in [-0.2, -0.15) is 5.26 Å². The first kappa shape index (κ1) is 18.7. The molecule has 26 heavy (non-hydrogen) atoms. The van der Waals surface area contributed by atoms with E-state index in [0.717, 1.165) is 50.0 Å². The van der Waals surface area contributed by atoms with Crippen LogP contribution in [0.3, 0.4) is 0 Å². The van der Waals surface area contributed by atoms with Crippen molar-refractivity contribution in [1.29, 1.82) is 5.26 Å². The van der Waals surface area contributed by atoms with Crippen molar-refractivity contribution in [2.45, 2.75) is 11.6 Å². The van der Waals surface area contributed by atoms with Crippen LogP contribution in [0.1, 0.15) is 16.8 Å². The molecule has 2 heterocycles. The van der Waals surface area contributed by atoms with Crippen molar-refractivity contribution in [2.75, 3.05) is 39.0 Å². The molecule has 1 aromatic carbocycles. The van der Waals surface area contributed by atoms with E-state index < -0.39 is 0 Å². The molecule has 0 atom stereocenters. The summed E-state index contributed by atoms with van der Waals surface area (Å²) >= 11 is 1.54. The lowest BCUT2D eigenvalue weighted by molar-refractivity contribution is 0.135. The Morgan fingerprint density at radius 3 is 2.50 bits per heavy atom. The summed E-state index contributed by atoms with van der Waals surface area (Å²) in [5.41, 5.74) is 2.96.